The van der Waals surface area contributed by atoms with E-state index in [-0.39, 0.29) is 5.82 Å². The Hall–Kier alpha value is -1.94. The Kier molecular flexibility index (Phi) is 4.01. The number of anilines is 1. The second-order valence-corrected chi connectivity index (χ2v) is 7.20. The fourth-order valence-electron chi connectivity index (χ4n) is 4.21. The van der Waals surface area contributed by atoms with Gasteiger partial charge in [-0.1, -0.05) is 12.1 Å². The van der Waals surface area contributed by atoms with Gasteiger partial charge in [0.15, 0.2) is 0 Å². The molecule has 5 rings (SSSR count). The maximum atomic E-state index is 14.1. The van der Waals surface area contributed by atoms with E-state index in [1.165, 1.54) is 25.9 Å². The summed E-state index contributed by atoms with van der Waals surface area (Å²) < 4.78 is 14.1. The number of aromatic nitrogens is 1. The number of rotatable bonds is 3. The van der Waals surface area contributed by atoms with Crippen molar-refractivity contribution in [2.24, 2.45) is 5.92 Å². The molecule has 3 saturated heterocycles. The third-order valence-corrected chi connectivity index (χ3v) is 5.69. The number of hydrogen-bond donors (Lipinski definition) is 1. The monoisotopic (exact) mass is 325 g/mol. The molecule has 3 aliphatic heterocycles. The van der Waals surface area contributed by atoms with Crippen LogP contribution in [0.4, 0.5) is 10.2 Å². The molecule has 0 radical (unpaired) electrons. The molecule has 0 amide bonds. The van der Waals surface area contributed by atoms with Crippen LogP contribution in [0.3, 0.4) is 0 Å². The Bertz CT molecular complexity index is 718. The first-order chi connectivity index (χ1) is 11.6. The van der Waals surface area contributed by atoms with Gasteiger partial charge in [-0.25, -0.2) is 9.37 Å². The Morgan fingerprint density at radius 2 is 1.96 bits per heavy atom. The molecule has 3 fully saturated rings. The molecule has 1 N–H and O–H groups in total. The van der Waals surface area contributed by atoms with E-state index in [0.29, 0.717) is 17.6 Å². The van der Waals surface area contributed by atoms with Crippen molar-refractivity contribution in [3.63, 3.8) is 0 Å². The van der Waals surface area contributed by atoms with Gasteiger partial charge in [-0.2, -0.15) is 0 Å². The zero-order valence-electron chi connectivity index (χ0n) is 14.3. The molecule has 3 aliphatic rings. The summed E-state index contributed by atoms with van der Waals surface area (Å²) in [6, 6.07) is 10.3. The highest BCUT2D eigenvalue weighted by Gasteiger charge is 2.39. The predicted molar refractivity (Wildman–Crippen MR) is 95.5 cm³/mol. The zero-order chi connectivity index (χ0) is 16.7. The summed E-state index contributed by atoms with van der Waals surface area (Å²) >= 11 is 0. The molecule has 4 heteroatoms. The van der Waals surface area contributed by atoms with E-state index in [0.717, 1.165) is 22.9 Å². The molecule has 1 aromatic heterocycles. The number of benzene rings is 1. The number of hydrogen-bond acceptors (Lipinski definition) is 3. The van der Waals surface area contributed by atoms with Crippen molar-refractivity contribution >= 4 is 5.82 Å². The SMILES string of the molecule is Cc1ccc(-c2ccc(N[C@@H]3C4CCN(CC4)[C@@H]3C)nc2)c(F)c1. The van der Waals surface area contributed by atoms with E-state index in [4.69, 9.17) is 0 Å². The third-order valence-electron chi connectivity index (χ3n) is 5.69. The Morgan fingerprint density at radius 1 is 1.17 bits per heavy atom. The van der Waals surface area contributed by atoms with Crippen LogP contribution in [0.2, 0.25) is 0 Å². The lowest BCUT2D eigenvalue weighted by Gasteiger charge is -2.50. The average molecular weight is 325 g/mol. The highest BCUT2D eigenvalue weighted by Crippen LogP contribution is 2.34. The largest absolute Gasteiger partial charge is 0.365 e. The molecular formula is C20H24FN3. The topological polar surface area (TPSA) is 28.2 Å². The number of nitrogens with zero attached hydrogens (tertiary/aromatic N) is 2. The first kappa shape index (κ1) is 15.6. The highest BCUT2D eigenvalue weighted by molar-refractivity contribution is 5.64. The number of halogens is 1. The van der Waals surface area contributed by atoms with Crippen LogP contribution in [-0.4, -0.2) is 35.1 Å². The van der Waals surface area contributed by atoms with Gasteiger partial charge in [-0.3, -0.25) is 4.90 Å². The van der Waals surface area contributed by atoms with Gasteiger partial charge in [0.2, 0.25) is 0 Å². The maximum absolute atomic E-state index is 14.1. The zero-order valence-corrected chi connectivity index (χ0v) is 14.3. The number of nitrogens with one attached hydrogen (secondary N) is 1. The number of piperidine rings is 3. The van der Waals surface area contributed by atoms with Crippen LogP contribution < -0.4 is 5.32 Å². The van der Waals surface area contributed by atoms with Crippen LogP contribution in [0.25, 0.3) is 11.1 Å². The van der Waals surface area contributed by atoms with E-state index in [2.05, 4.69) is 22.1 Å². The van der Waals surface area contributed by atoms with Gasteiger partial charge in [0, 0.05) is 29.4 Å². The maximum Gasteiger partial charge on any atom is 0.131 e. The Balaban J connectivity index is 1.52. The molecule has 0 spiro atoms. The van der Waals surface area contributed by atoms with Crippen molar-refractivity contribution in [3.05, 3.63) is 47.9 Å². The molecule has 2 aromatic rings. The van der Waals surface area contributed by atoms with Crippen molar-refractivity contribution in [3.8, 4) is 11.1 Å². The van der Waals surface area contributed by atoms with Gasteiger partial charge in [0.25, 0.3) is 0 Å². The second-order valence-electron chi connectivity index (χ2n) is 7.20. The smallest absolute Gasteiger partial charge is 0.131 e. The van der Waals surface area contributed by atoms with E-state index in [1.54, 1.807) is 12.3 Å². The minimum absolute atomic E-state index is 0.191. The summed E-state index contributed by atoms with van der Waals surface area (Å²) in [7, 11) is 0. The van der Waals surface area contributed by atoms with Crippen molar-refractivity contribution in [2.45, 2.75) is 38.8 Å². The van der Waals surface area contributed by atoms with Gasteiger partial charge in [-0.15, -0.1) is 0 Å². The van der Waals surface area contributed by atoms with Crippen molar-refractivity contribution in [1.82, 2.24) is 9.88 Å². The summed E-state index contributed by atoms with van der Waals surface area (Å²) in [6.07, 6.45) is 4.31. The standard InChI is InChI=1S/C20H24FN3/c1-13-3-5-17(18(21)11-13)16-4-6-19(22-12-16)23-20-14(2)24-9-7-15(20)8-10-24/h3-6,11-12,14-15,20H,7-10H2,1-2H3,(H,22,23)/t14-,20+/m1/s1. The molecule has 3 nitrogen and oxygen atoms in total. The van der Waals surface area contributed by atoms with E-state index < -0.39 is 0 Å². The molecule has 0 saturated carbocycles. The first-order valence-electron chi connectivity index (χ1n) is 8.85. The van der Waals surface area contributed by atoms with Gasteiger partial charge >= 0.3 is 0 Å². The molecule has 1 aromatic carbocycles. The summed E-state index contributed by atoms with van der Waals surface area (Å²) in [5.74, 6) is 1.43. The normalized spacial score (nSPS) is 28.8. The lowest BCUT2D eigenvalue weighted by molar-refractivity contribution is 0.0457. The molecule has 0 aliphatic carbocycles. The van der Waals surface area contributed by atoms with Gasteiger partial charge in [-0.05, 0) is 69.5 Å². The average Bonchev–Trinajstić information content (AvgIpc) is 2.59. The molecular weight excluding hydrogens is 301 g/mol. The predicted octanol–water partition coefficient (Wildman–Crippen LogP) is 4.09. The summed E-state index contributed by atoms with van der Waals surface area (Å²) in [4.78, 5) is 7.10. The molecule has 2 atom stereocenters. The molecule has 24 heavy (non-hydrogen) atoms. The van der Waals surface area contributed by atoms with Crippen LogP contribution in [0.15, 0.2) is 36.5 Å². The van der Waals surface area contributed by atoms with Crippen LogP contribution in [0, 0.1) is 18.7 Å². The number of pyridine rings is 1. The third kappa shape index (κ3) is 2.80. The molecule has 0 unspecified atom stereocenters. The fraction of sp³-hybridized carbons (Fsp3) is 0.450. The van der Waals surface area contributed by atoms with Crippen molar-refractivity contribution in [2.75, 3.05) is 18.4 Å². The number of fused-ring (bicyclic) bond motifs is 3. The van der Waals surface area contributed by atoms with Crippen LogP contribution in [-0.2, 0) is 0 Å². The van der Waals surface area contributed by atoms with Gasteiger partial charge in [0.1, 0.15) is 11.6 Å². The summed E-state index contributed by atoms with van der Waals surface area (Å²) in [5.41, 5.74) is 2.36. The minimum atomic E-state index is -0.191. The highest BCUT2D eigenvalue weighted by atomic mass is 19.1. The van der Waals surface area contributed by atoms with Gasteiger partial charge in [0.05, 0.1) is 0 Å². The quantitative estimate of drug-likeness (QED) is 0.921. The fourth-order valence-corrected chi connectivity index (χ4v) is 4.21. The van der Waals surface area contributed by atoms with E-state index >= 15 is 0 Å². The summed E-state index contributed by atoms with van der Waals surface area (Å²) in [5, 5.41) is 3.62. The number of aryl methyl sites for hydroxylation is 1. The van der Waals surface area contributed by atoms with Crippen molar-refractivity contribution < 1.29 is 4.39 Å². The lowest BCUT2D eigenvalue weighted by Crippen LogP contribution is -2.59. The van der Waals surface area contributed by atoms with Crippen LogP contribution in [0.5, 0.6) is 0 Å². The molecule has 2 bridgehead atoms. The first-order valence-corrected chi connectivity index (χ1v) is 8.85. The summed E-state index contributed by atoms with van der Waals surface area (Å²) in [6.45, 7) is 6.65. The van der Waals surface area contributed by atoms with Gasteiger partial charge < -0.3 is 5.32 Å². The van der Waals surface area contributed by atoms with Crippen LogP contribution >= 0.6 is 0 Å². The van der Waals surface area contributed by atoms with E-state index in [9.17, 15) is 4.39 Å². The second kappa shape index (κ2) is 6.17. The minimum Gasteiger partial charge on any atom is -0.365 e. The Morgan fingerprint density at radius 3 is 2.58 bits per heavy atom. The Labute approximate surface area is 142 Å². The lowest BCUT2D eigenvalue weighted by atomic mass is 9.79. The van der Waals surface area contributed by atoms with E-state index in [1.807, 2.05) is 31.2 Å². The molecule has 4 heterocycles. The van der Waals surface area contributed by atoms with Crippen LogP contribution in [0.1, 0.15) is 25.3 Å². The van der Waals surface area contributed by atoms with Crippen molar-refractivity contribution in [1.29, 1.82) is 0 Å². The molecule has 126 valence electrons.